The molecular formula is C19H12IN3O2S. The number of nitrogens with zero attached hydrogens (tertiary/aromatic N) is 2. The Morgan fingerprint density at radius 3 is 2.81 bits per heavy atom. The minimum atomic E-state index is 0.243. The fourth-order valence-corrected chi connectivity index (χ4v) is 3.58. The van der Waals surface area contributed by atoms with Crippen LogP contribution in [-0.2, 0) is 0 Å². The highest BCUT2D eigenvalue weighted by atomic mass is 127. The molecule has 3 aromatic rings. The van der Waals surface area contributed by atoms with Crippen LogP contribution in [0.25, 0.3) is 16.8 Å². The fourth-order valence-electron chi connectivity index (χ4n) is 2.43. The first-order chi connectivity index (χ1) is 12.7. The van der Waals surface area contributed by atoms with Gasteiger partial charge in [-0.15, -0.1) is 11.3 Å². The molecule has 0 saturated carbocycles. The van der Waals surface area contributed by atoms with Crippen LogP contribution in [0.2, 0.25) is 0 Å². The number of hydrogen-bond donors (Lipinski definition) is 1. The Balaban J connectivity index is 1.56. The van der Waals surface area contributed by atoms with Gasteiger partial charge in [-0.05, 0) is 65.1 Å². The molecule has 2 aromatic carbocycles. The maximum absolute atomic E-state index is 9.48. The monoisotopic (exact) mass is 473 g/mol. The van der Waals surface area contributed by atoms with Gasteiger partial charge in [-0.3, -0.25) is 0 Å². The molecule has 128 valence electrons. The Morgan fingerprint density at radius 2 is 2.00 bits per heavy atom. The molecule has 2 heterocycles. The zero-order valence-corrected chi connectivity index (χ0v) is 16.4. The van der Waals surface area contributed by atoms with Crippen LogP contribution in [0.1, 0.15) is 5.01 Å². The summed E-state index contributed by atoms with van der Waals surface area (Å²) in [4.78, 5) is 4.59. The molecule has 1 aliphatic rings. The Labute approximate surface area is 168 Å². The maximum Gasteiger partial charge on any atom is 0.231 e. The number of nitrogens with one attached hydrogen (secondary N) is 1. The molecule has 5 nitrogen and oxygen atoms in total. The van der Waals surface area contributed by atoms with Crippen molar-refractivity contribution in [2.45, 2.75) is 0 Å². The highest BCUT2D eigenvalue weighted by molar-refractivity contribution is 14.1. The predicted molar refractivity (Wildman–Crippen MR) is 110 cm³/mol. The van der Waals surface area contributed by atoms with Gasteiger partial charge in [-0.2, -0.15) is 5.26 Å². The van der Waals surface area contributed by atoms with Gasteiger partial charge in [0, 0.05) is 26.4 Å². The molecule has 0 bridgehead atoms. The number of thiazole rings is 1. The third-order valence-electron chi connectivity index (χ3n) is 3.75. The van der Waals surface area contributed by atoms with Crippen molar-refractivity contribution in [2.75, 3.05) is 12.1 Å². The number of halogens is 1. The van der Waals surface area contributed by atoms with Crippen LogP contribution >= 0.6 is 33.9 Å². The number of ether oxygens (including phenoxy) is 2. The Kier molecular flexibility index (Phi) is 4.77. The lowest BCUT2D eigenvalue weighted by molar-refractivity contribution is 0.174. The molecule has 4 rings (SSSR count). The molecule has 1 N–H and O–H groups in total. The van der Waals surface area contributed by atoms with Crippen molar-refractivity contribution >= 4 is 45.2 Å². The predicted octanol–water partition coefficient (Wildman–Crippen LogP) is 5.12. The molecule has 0 atom stereocenters. The molecule has 26 heavy (non-hydrogen) atoms. The van der Waals surface area contributed by atoms with E-state index in [0.29, 0.717) is 16.3 Å². The molecule has 0 spiro atoms. The van der Waals surface area contributed by atoms with E-state index in [0.717, 1.165) is 26.3 Å². The highest BCUT2D eigenvalue weighted by Crippen LogP contribution is 2.36. The van der Waals surface area contributed by atoms with E-state index in [-0.39, 0.29) is 6.79 Å². The summed E-state index contributed by atoms with van der Waals surface area (Å²) in [6.07, 6.45) is 1.68. The molecule has 0 unspecified atom stereocenters. The van der Waals surface area contributed by atoms with E-state index in [2.05, 4.69) is 39.0 Å². The van der Waals surface area contributed by atoms with Crippen LogP contribution in [0.3, 0.4) is 0 Å². The zero-order chi connectivity index (χ0) is 17.9. The van der Waals surface area contributed by atoms with Gasteiger partial charge in [-0.25, -0.2) is 4.98 Å². The molecule has 0 aliphatic carbocycles. The van der Waals surface area contributed by atoms with E-state index in [4.69, 9.17) is 9.47 Å². The van der Waals surface area contributed by atoms with Crippen molar-refractivity contribution in [3.8, 4) is 28.8 Å². The van der Waals surface area contributed by atoms with Gasteiger partial charge < -0.3 is 14.8 Å². The first-order valence-electron chi connectivity index (χ1n) is 7.71. The lowest BCUT2D eigenvalue weighted by Gasteiger charge is -2.01. The molecule has 0 radical (unpaired) electrons. The van der Waals surface area contributed by atoms with Crippen molar-refractivity contribution in [2.24, 2.45) is 0 Å². The number of rotatable bonds is 4. The van der Waals surface area contributed by atoms with Crippen LogP contribution in [0, 0.1) is 14.9 Å². The van der Waals surface area contributed by atoms with Crippen molar-refractivity contribution in [3.05, 3.63) is 62.6 Å². The minimum Gasteiger partial charge on any atom is -0.454 e. The Hall–Kier alpha value is -2.57. The number of aromatic nitrogens is 1. The molecule has 0 saturated heterocycles. The first kappa shape index (κ1) is 16.9. The van der Waals surface area contributed by atoms with Crippen LogP contribution in [-0.4, -0.2) is 11.8 Å². The summed E-state index contributed by atoms with van der Waals surface area (Å²) in [5.41, 5.74) is 3.14. The summed E-state index contributed by atoms with van der Waals surface area (Å²) in [7, 11) is 0. The van der Waals surface area contributed by atoms with Crippen molar-refractivity contribution < 1.29 is 9.47 Å². The lowest BCUT2D eigenvalue weighted by Crippen LogP contribution is -1.92. The first-order valence-corrected chi connectivity index (χ1v) is 9.67. The topological polar surface area (TPSA) is 67.2 Å². The molecular weight excluding hydrogens is 461 g/mol. The van der Waals surface area contributed by atoms with Crippen LogP contribution < -0.4 is 14.8 Å². The lowest BCUT2D eigenvalue weighted by atomic mass is 10.1. The van der Waals surface area contributed by atoms with Crippen molar-refractivity contribution in [1.82, 2.24) is 4.98 Å². The summed E-state index contributed by atoms with van der Waals surface area (Å²) in [6.45, 7) is 0.243. The van der Waals surface area contributed by atoms with Gasteiger partial charge in [0.25, 0.3) is 0 Å². The van der Waals surface area contributed by atoms with Crippen LogP contribution in [0.15, 0.2) is 54.0 Å². The third-order valence-corrected chi connectivity index (χ3v) is 5.35. The van der Waals surface area contributed by atoms with Gasteiger partial charge in [0.15, 0.2) is 11.5 Å². The summed E-state index contributed by atoms with van der Waals surface area (Å²) in [5.74, 6) is 1.46. The van der Waals surface area contributed by atoms with E-state index < -0.39 is 0 Å². The van der Waals surface area contributed by atoms with E-state index in [1.54, 1.807) is 6.20 Å². The Morgan fingerprint density at radius 1 is 1.19 bits per heavy atom. The average Bonchev–Trinajstić information content (AvgIpc) is 3.32. The molecule has 1 aliphatic heterocycles. The standard InChI is InChI=1S/C19H12IN3O2S/c20-14-2-4-15(5-3-14)22-9-13(8-21)19-23-16(10-26-19)12-1-6-17-18(7-12)25-11-24-17/h1-7,9-10,22H,11H2. The number of fused-ring (bicyclic) bond motifs is 1. The average molecular weight is 473 g/mol. The van der Waals surface area contributed by atoms with Gasteiger partial charge in [0.05, 0.1) is 5.69 Å². The molecule has 1 aromatic heterocycles. The van der Waals surface area contributed by atoms with Gasteiger partial charge in [0.1, 0.15) is 16.6 Å². The molecule has 7 heteroatoms. The van der Waals surface area contributed by atoms with E-state index in [9.17, 15) is 5.26 Å². The summed E-state index contributed by atoms with van der Waals surface area (Å²) in [5, 5.41) is 15.2. The second kappa shape index (κ2) is 7.35. The van der Waals surface area contributed by atoms with Crippen LogP contribution in [0.5, 0.6) is 11.5 Å². The highest BCUT2D eigenvalue weighted by Gasteiger charge is 2.15. The quantitative estimate of drug-likeness (QED) is 0.421. The third kappa shape index (κ3) is 3.52. The zero-order valence-electron chi connectivity index (χ0n) is 13.4. The number of anilines is 1. The number of benzene rings is 2. The Bertz CT molecular complexity index is 1020. The molecule has 0 amide bonds. The second-order valence-corrected chi connectivity index (χ2v) is 7.53. The van der Waals surface area contributed by atoms with Gasteiger partial charge in [-0.1, -0.05) is 0 Å². The smallest absolute Gasteiger partial charge is 0.231 e. The van der Waals surface area contributed by atoms with Gasteiger partial charge in [0.2, 0.25) is 6.79 Å². The number of allylic oxidation sites excluding steroid dienone is 1. The van der Waals surface area contributed by atoms with E-state index in [1.165, 1.54) is 11.3 Å². The second-order valence-electron chi connectivity index (χ2n) is 5.43. The summed E-state index contributed by atoms with van der Waals surface area (Å²) < 4.78 is 11.9. The van der Waals surface area contributed by atoms with Crippen LogP contribution in [0.4, 0.5) is 5.69 Å². The number of hydrogen-bond acceptors (Lipinski definition) is 6. The summed E-state index contributed by atoms with van der Waals surface area (Å²) >= 11 is 3.69. The van der Waals surface area contributed by atoms with Crippen molar-refractivity contribution in [3.63, 3.8) is 0 Å². The summed E-state index contributed by atoms with van der Waals surface area (Å²) in [6, 6.07) is 15.9. The van der Waals surface area contributed by atoms with Gasteiger partial charge >= 0.3 is 0 Å². The SMILES string of the molecule is N#CC(=CNc1ccc(I)cc1)c1nc(-c2ccc3c(c2)OCO3)cs1. The largest absolute Gasteiger partial charge is 0.454 e. The minimum absolute atomic E-state index is 0.243. The molecule has 0 fully saturated rings. The normalized spacial score (nSPS) is 12.7. The van der Waals surface area contributed by atoms with E-state index in [1.807, 2.05) is 47.8 Å². The van der Waals surface area contributed by atoms with Crippen molar-refractivity contribution in [1.29, 1.82) is 5.26 Å². The van der Waals surface area contributed by atoms with E-state index >= 15 is 0 Å². The fraction of sp³-hybridized carbons (Fsp3) is 0.0526. The maximum atomic E-state index is 9.48. The number of nitriles is 1.